The fraction of sp³-hybridized carbons (Fsp3) is 0.138. The molecule has 0 bridgehead atoms. The van der Waals surface area contributed by atoms with E-state index in [0.29, 0.717) is 18.1 Å². The number of amides is 1. The van der Waals surface area contributed by atoms with Crippen molar-refractivity contribution < 1.29 is 14.3 Å². The van der Waals surface area contributed by atoms with Gasteiger partial charge in [-0.2, -0.15) is 0 Å². The van der Waals surface area contributed by atoms with Gasteiger partial charge in [-0.3, -0.25) is 15.1 Å². The van der Waals surface area contributed by atoms with Crippen LogP contribution < -0.4 is 10.2 Å². The number of hydrogen-bond acceptors (Lipinski definition) is 5. The predicted octanol–water partition coefficient (Wildman–Crippen LogP) is 5.42. The summed E-state index contributed by atoms with van der Waals surface area (Å²) in [5.41, 5.74) is 4.57. The van der Waals surface area contributed by atoms with Crippen molar-refractivity contribution in [3.63, 3.8) is 0 Å². The van der Waals surface area contributed by atoms with E-state index in [4.69, 9.17) is 16.3 Å². The van der Waals surface area contributed by atoms with Crippen molar-refractivity contribution in [1.29, 1.82) is 0 Å². The Morgan fingerprint density at radius 3 is 2.58 bits per heavy atom. The third-order valence-corrected chi connectivity index (χ3v) is 6.33. The Morgan fingerprint density at radius 2 is 1.78 bits per heavy atom. The van der Waals surface area contributed by atoms with Gasteiger partial charge in [0, 0.05) is 29.0 Å². The summed E-state index contributed by atoms with van der Waals surface area (Å²) in [6.07, 6.45) is 4.76. The van der Waals surface area contributed by atoms with E-state index in [0.717, 1.165) is 28.0 Å². The second-order valence-electron chi connectivity index (χ2n) is 8.47. The van der Waals surface area contributed by atoms with Gasteiger partial charge in [-0.05, 0) is 47.1 Å². The van der Waals surface area contributed by atoms with E-state index >= 15 is 0 Å². The number of benzene rings is 3. The highest BCUT2D eigenvalue weighted by molar-refractivity contribution is 6.30. The predicted molar refractivity (Wildman–Crippen MR) is 142 cm³/mol. The molecular formula is C29H24ClN3O3. The third kappa shape index (κ3) is 5.24. The number of ether oxygens (including phenoxy) is 1. The minimum atomic E-state index is -0.686. The molecule has 2 aliphatic rings. The van der Waals surface area contributed by atoms with E-state index in [9.17, 15) is 9.59 Å². The quantitative estimate of drug-likeness (QED) is 0.510. The van der Waals surface area contributed by atoms with E-state index in [1.807, 2.05) is 83.9 Å². The lowest BCUT2D eigenvalue weighted by molar-refractivity contribution is -0.116. The molecule has 180 valence electrons. The Kier molecular flexibility index (Phi) is 6.96. The maximum Gasteiger partial charge on any atom is 0.412 e. The van der Waals surface area contributed by atoms with Gasteiger partial charge in [-0.25, -0.2) is 4.79 Å². The zero-order valence-corrected chi connectivity index (χ0v) is 20.2. The molecule has 0 saturated heterocycles. The summed E-state index contributed by atoms with van der Waals surface area (Å²) in [5.74, 6) is -0.221. The van der Waals surface area contributed by atoms with Crippen LogP contribution in [0.2, 0.25) is 5.02 Å². The first-order chi connectivity index (χ1) is 17.6. The van der Waals surface area contributed by atoms with E-state index in [1.54, 1.807) is 18.2 Å². The lowest BCUT2D eigenvalue weighted by Gasteiger charge is -2.33. The minimum absolute atomic E-state index is 0.105. The first-order valence-electron chi connectivity index (χ1n) is 11.7. The van der Waals surface area contributed by atoms with Crippen molar-refractivity contribution in [1.82, 2.24) is 5.32 Å². The molecule has 0 spiro atoms. The third-order valence-electron chi connectivity index (χ3n) is 6.08. The molecule has 6 nitrogen and oxygen atoms in total. The van der Waals surface area contributed by atoms with Crippen LogP contribution in [0.4, 0.5) is 10.5 Å². The lowest BCUT2D eigenvalue weighted by Crippen LogP contribution is -2.46. The Balaban J connectivity index is 1.45. The van der Waals surface area contributed by atoms with Crippen LogP contribution in [0.3, 0.4) is 0 Å². The number of allylic oxidation sites excluding steroid dienone is 2. The number of nitrogens with zero attached hydrogens (tertiary/aromatic N) is 2. The Labute approximate surface area is 214 Å². The number of carbonyl (C=O) groups excluding carboxylic acids is 2. The van der Waals surface area contributed by atoms with Crippen LogP contribution >= 0.6 is 11.6 Å². The van der Waals surface area contributed by atoms with Gasteiger partial charge in [-0.1, -0.05) is 72.3 Å². The van der Waals surface area contributed by atoms with Crippen molar-refractivity contribution >= 4 is 41.0 Å². The smallest absolute Gasteiger partial charge is 0.412 e. The highest BCUT2D eigenvalue weighted by atomic mass is 35.5. The molecule has 1 amide bonds. The Bertz CT molecular complexity index is 1360. The van der Waals surface area contributed by atoms with Crippen molar-refractivity contribution in [2.24, 2.45) is 4.99 Å². The van der Waals surface area contributed by atoms with Crippen LogP contribution in [-0.4, -0.2) is 37.2 Å². The maximum absolute atomic E-state index is 13.7. The zero-order valence-electron chi connectivity index (χ0n) is 19.4. The van der Waals surface area contributed by atoms with Gasteiger partial charge in [0.2, 0.25) is 5.78 Å². The molecule has 1 atom stereocenters. The summed E-state index contributed by atoms with van der Waals surface area (Å²) < 4.78 is 5.38. The molecule has 1 aliphatic heterocycles. The normalized spacial score (nSPS) is 17.0. The number of aliphatic imine (C=N–C) groups is 1. The fourth-order valence-corrected chi connectivity index (χ4v) is 4.42. The van der Waals surface area contributed by atoms with Crippen molar-refractivity contribution in [2.75, 3.05) is 18.0 Å². The molecule has 3 aromatic carbocycles. The van der Waals surface area contributed by atoms with Gasteiger partial charge in [0.15, 0.2) is 0 Å². The maximum atomic E-state index is 13.7. The molecule has 1 unspecified atom stereocenters. The Morgan fingerprint density at radius 1 is 1.03 bits per heavy atom. The van der Waals surface area contributed by atoms with Crippen molar-refractivity contribution in [3.05, 3.63) is 118 Å². The van der Waals surface area contributed by atoms with Gasteiger partial charge in [0.25, 0.3) is 0 Å². The average Bonchev–Trinajstić information content (AvgIpc) is 3.12. The van der Waals surface area contributed by atoms with Crippen molar-refractivity contribution in [2.45, 2.75) is 12.6 Å². The largest absolute Gasteiger partial charge is 0.444 e. The molecule has 1 aliphatic carbocycles. The number of anilines is 1. The highest BCUT2D eigenvalue weighted by Gasteiger charge is 2.33. The number of rotatable bonds is 5. The summed E-state index contributed by atoms with van der Waals surface area (Å²) >= 11 is 6.10. The van der Waals surface area contributed by atoms with Crippen LogP contribution in [0.25, 0.3) is 5.57 Å². The number of benzodiazepines with no additional fused rings is 1. The standard InChI is InChI=1S/C29H24ClN3O3/c30-24-12-10-21(11-13-24)23-16-25(32-29(35)36-19-20-6-2-1-3-7-20)28(34)27(17-23)33-15-14-31-18-22-8-4-5-9-26(22)33/h1-13,16-18,27H,14-15,19H2,(H,32,35). The molecule has 0 radical (unpaired) electrons. The van der Waals surface area contributed by atoms with Gasteiger partial charge in [-0.15, -0.1) is 0 Å². The molecule has 0 saturated carbocycles. The van der Waals surface area contributed by atoms with E-state index < -0.39 is 12.1 Å². The number of Topliss-reactive ketones (excluding diaryl/α,β-unsaturated/α-hetero) is 1. The number of nitrogens with one attached hydrogen (secondary N) is 1. The molecule has 0 fully saturated rings. The monoisotopic (exact) mass is 497 g/mol. The lowest BCUT2D eigenvalue weighted by atomic mass is 9.92. The number of ketones is 1. The summed E-state index contributed by atoms with van der Waals surface area (Å²) in [6, 6.07) is 24.0. The van der Waals surface area contributed by atoms with Crippen LogP contribution in [-0.2, 0) is 16.1 Å². The van der Waals surface area contributed by atoms with Crippen LogP contribution in [0.1, 0.15) is 16.7 Å². The van der Waals surface area contributed by atoms with Crippen LogP contribution in [0.5, 0.6) is 0 Å². The molecule has 0 aromatic heterocycles. The second-order valence-corrected chi connectivity index (χ2v) is 8.91. The van der Waals surface area contributed by atoms with Gasteiger partial charge >= 0.3 is 6.09 Å². The fourth-order valence-electron chi connectivity index (χ4n) is 4.30. The minimum Gasteiger partial charge on any atom is -0.444 e. The van der Waals surface area contributed by atoms with Gasteiger partial charge < -0.3 is 9.64 Å². The summed E-state index contributed by atoms with van der Waals surface area (Å²) in [6.45, 7) is 1.21. The number of fused-ring (bicyclic) bond motifs is 1. The molecule has 1 heterocycles. The molecule has 1 N–H and O–H groups in total. The summed E-state index contributed by atoms with van der Waals surface area (Å²) in [7, 11) is 0. The number of para-hydroxylation sites is 1. The second kappa shape index (κ2) is 10.6. The van der Waals surface area contributed by atoms with Gasteiger partial charge in [0.1, 0.15) is 12.6 Å². The molecular weight excluding hydrogens is 474 g/mol. The molecule has 36 heavy (non-hydrogen) atoms. The average molecular weight is 498 g/mol. The van der Waals surface area contributed by atoms with Gasteiger partial charge in [0.05, 0.1) is 12.2 Å². The van der Waals surface area contributed by atoms with E-state index in [2.05, 4.69) is 10.3 Å². The zero-order chi connectivity index (χ0) is 24.9. The number of hydrogen-bond donors (Lipinski definition) is 1. The van der Waals surface area contributed by atoms with Crippen LogP contribution in [0, 0.1) is 0 Å². The molecule has 5 rings (SSSR count). The molecule has 3 aromatic rings. The summed E-state index contributed by atoms with van der Waals surface area (Å²) in [5, 5.41) is 3.30. The SMILES string of the molecule is O=C(NC1=CC(c2ccc(Cl)cc2)=CC(N2CCN=Cc3ccccc32)C1=O)OCc1ccccc1. The molecule has 7 heteroatoms. The van der Waals surface area contributed by atoms with Crippen LogP contribution in [0.15, 0.2) is 102 Å². The first kappa shape index (κ1) is 23.6. The summed E-state index contributed by atoms with van der Waals surface area (Å²) in [4.78, 5) is 32.9. The number of halogens is 1. The Hall–Kier alpha value is -4.16. The number of carbonyl (C=O) groups is 2. The highest BCUT2D eigenvalue weighted by Crippen LogP contribution is 2.31. The van der Waals surface area contributed by atoms with E-state index in [-0.39, 0.29) is 18.1 Å². The van der Waals surface area contributed by atoms with E-state index in [1.165, 1.54) is 0 Å². The topological polar surface area (TPSA) is 71.0 Å². The number of alkyl carbamates (subject to hydrolysis) is 1. The first-order valence-corrected chi connectivity index (χ1v) is 12.0. The van der Waals surface area contributed by atoms with Crippen molar-refractivity contribution in [3.8, 4) is 0 Å².